The van der Waals surface area contributed by atoms with Crippen molar-refractivity contribution in [3.8, 4) is 0 Å². The van der Waals surface area contributed by atoms with Gasteiger partial charge in [-0.2, -0.15) is 0 Å². The summed E-state index contributed by atoms with van der Waals surface area (Å²) >= 11 is 0. The molecule has 0 aromatic rings. The van der Waals surface area contributed by atoms with Crippen LogP contribution in [0.25, 0.3) is 0 Å². The normalized spacial score (nSPS) is 15.1. The van der Waals surface area contributed by atoms with Gasteiger partial charge in [0.25, 0.3) is 0 Å². The van der Waals surface area contributed by atoms with Gasteiger partial charge in [-0.25, -0.2) is 0 Å². The van der Waals surface area contributed by atoms with E-state index in [4.69, 9.17) is 9.47 Å². The summed E-state index contributed by atoms with van der Waals surface area (Å²) in [6, 6.07) is 0. The Morgan fingerprint density at radius 1 is 0.812 bits per heavy atom. The Hall–Kier alpha value is -0.0400. The van der Waals surface area contributed by atoms with Crippen molar-refractivity contribution in [1.82, 2.24) is 0 Å². The fourth-order valence-electron chi connectivity index (χ4n) is 0.801. The van der Waals surface area contributed by atoms with E-state index >= 15 is 0 Å². The Bertz CT molecular complexity index is 187. The lowest BCUT2D eigenvalue weighted by Crippen LogP contribution is -2.18. The molecule has 0 rings (SSSR count). The summed E-state index contributed by atoms with van der Waals surface area (Å²) in [5.41, 5.74) is -1.13. The summed E-state index contributed by atoms with van der Waals surface area (Å²) in [5.74, 6) is 0. The Morgan fingerprint density at radius 2 is 1.12 bits per heavy atom. The highest BCUT2D eigenvalue weighted by Crippen LogP contribution is 2.31. The van der Waals surface area contributed by atoms with Crippen LogP contribution in [-0.4, -0.2) is 35.7 Å². The third-order valence-electron chi connectivity index (χ3n) is 1.28. The number of hydrogen-bond acceptors (Lipinski definition) is 6. The molecule has 0 saturated carbocycles. The minimum Gasteiger partial charge on any atom is -0.356 e. The van der Waals surface area contributed by atoms with Crippen molar-refractivity contribution in [3.05, 3.63) is 0 Å². The summed E-state index contributed by atoms with van der Waals surface area (Å²) in [5, 5.41) is 0. The Morgan fingerprint density at radius 3 is 1.31 bits per heavy atom. The van der Waals surface area contributed by atoms with Crippen LogP contribution in [0.2, 0.25) is 0 Å². The van der Waals surface area contributed by atoms with Gasteiger partial charge in [-0.15, -0.1) is 0 Å². The second-order valence-corrected chi connectivity index (χ2v) is 6.04. The lowest BCUT2D eigenvalue weighted by molar-refractivity contribution is -0.115. The molecule has 0 aromatic heterocycles. The van der Waals surface area contributed by atoms with Crippen LogP contribution >= 0.6 is 21.6 Å². The highest BCUT2D eigenvalue weighted by atomic mass is 33.1. The fraction of sp³-hybridized carbons (Fsp3) is 0.800. The first kappa shape index (κ1) is 16.0. The van der Waals surface area contributed by atoms with Gasteiger partial charge >= 0.3 is 0 Å². The van der Waals surface area contributed by atoms with Gasteiger partial charge in [0.05, 0.1) is 12.2 Å². The predicted molar refractivity (Wildman–Crippen MR) is 67.3 cm³/mol. The Kier molecular flexibility index (Phi) is 9.02. The molecule has 0 aromatic carbocycles. The van der Waals surface area contributed by atoms with E-state index in [1.165, 1.54) is 21.6 Å². The van der Waals surface area contributed by atoms with E-state index in [9.17, 15) is 9.59 Å². The molecule has 6 heteroatoms. The van der Waals surface area contributed by atoms with Crippen molar-refractivity contribution in [2.24, 2.45) is 0 Å². The van der Waals surface area contributed by atoms with Crippen molar-refractivity contribution < 1.29 is 19.1 Å². The highest BCUT2D eigenvalue weighted by molar-refractivity contribution is 8.77. The molecule has 2 atom stereocenters. The maximum absolute atomic E-state index is 10.7. The first-order chi connectivity index (χ1) is 7.49. The molecule has 0 saturated heterocycles. The van der Waals surface area contributed by atoms with Crippen molar-refractivity contribution >= 4 is 34.2 Å². The number of carbonyl (C=O) groups is 2. The molecular formula is C10H18O4S2. The number of carbonyl (C=O) groups excluding carboxylic acids is 2. The Balaban J connectivity index is 3.97. The summed E-state index contributed by atoms with van der Waals surface area (Å²) < 4.78 is 10.6. The fourth-order valence-corrected chi connectivity index (χ4v) is 2.85. The Labute approximate surface area is 104 Å². The predicted octanol–water partition coefficient (Wildman–Crippen LogP) is 2.27. The van der Waals surface area contributed by atoms with E-state index in [0.717, 1.165) is 12.6 Å². The monoisotopic (exact) mass is 266 g/mol. The number of ether oxygens (including phenoxy) is 2. The molecule has 0 fully saturated rings. The lowest BCUT2D eigenvalue weighted by atomic mass is 10.5. The lowest BCUT2D eigenvalue weighted by Gasteiger charge is -2.17. The van der Waals surface area contributed by atoms with E-state index in [1.54, 1.807) is 0 Å². The van der Waals surface area contributed by atoms with Crippen LogP contribution in [0.3, 0.4) is 0 Å². The second kappa shape index (κ2) is 9.04. The summed E-state index contributed by atoms with van der Waals surface area (Å²) in [6.07, 6.45) is 1.39. The average Bonchev–Trinajstić information content (AvgIpc) is 2.20. The van der Waals surface area contributed by atoms with Crippen molar-refractivity contribution in [2.45, 2.75) is 50.8 Å². The molecule has 94 valence electrons. The van der Waals surface area contributed by atoms with E-state index < -0.39 is 10.9 Å². The van der Waals surface area contributed by atoms with Crippen molar-refractivity contribution in [1.29, 1.82) is 0 Å². The van der Waals surface area contributed by atoms with Gasteiger partial charge < -0.3 is 9.47 Å². The van der Waals surface area contributed by atoms with E-state index in [-0.39, 0.29) is 12.2 Å². The molecule has 4 nitrogen and oxygen atoms in total. The van der Waals surface area contributed by atoms with Gasteiger partial charge in [0.1, 0.15) is 0 Å². The number of hydrogen-bond donors (Lipinski definition) is 0. The molecule has 0 spiro atoms. The molecule has 0 aliphatic heterocycles. The quantitative estimate of drug-likeness (QED) is 0.362. The second-order valence-electron chi connectivity index (χ2n) is 3.57. The van der Waals surface area contributed by atoms with Crippen LogP contribution in [0.4, 0.5) is 0 Å². The highest BCUT2D eigenvalue weighted by Gasteiger charge is 2.16. The van der Waals surface area contributed by atoms with Gasteiger partial charge in [-0.05, 0) is 27.7 Å². The van der Waals surface area contributed by atoms with Crippen molar-refractivity contribution in [3.63, 3.8) is 0 Å². The van der Waals surface area contributed by atoms with Gasteiger partial charge in [0.2, 0.25) is 0 Å². The summed E-state index contributed by atoms with van der Waals surface area (Å²) in [7, 11) is 2.39. The van der Waals surface area contributed by atoms with E-state index in [1.807, 2.05) is 27.7 Å². The molecule has 0 radical (unpaired) electrons. The molecular weight excluding hydrogens is 248 g/mol. The molecule has 2 unspecified atom stereocenters. The molecule has 0 N–H and O–H groups in total. The molecule has 0 bridgehead atoms. The van der Waals surface area contributed by atoms with Crippen LogP contribution in [-0.2, 0) is 19.1 Å². The smallest absolute Gasteiger partial charge is 0.168 e. The molecule has 0 heterocycles. The maximum Gasteiger partial charge on any atom is 0.168 e. The van der Waals surface area contributed by atoms with Gasteiger partial charge in [0, 0.05) is 0 Å². The standard InChI is InChI=1S/C10H18O4S2/c1-7(2)13-9(5-11)15-16-10(6-12)14-8(3)4/h5-10H,1-4H3. The molecule has 0 aliphatic rings. The summed E-state index contributed by atoms with van der Waals surface area (Å²) in [6.45, 7) is 7.40. The zero-order valence-electron chi connectivity index (χ0n) is 9.91. The average molecular weight is 266 g/mol. The zero-order chi connectivity index (χ0) is 12.6. The van der Waals surface area contributed by atoms with Gasteiger partial charge in [-0.1, -0.05) is 21.6 Å². The minimum atomic E-state index is -0.566. The van der Waals surface area contributed by atoms with Crippen LogP contribution in [0.5, 0.6) is 0 Å². The minimum absolute atomic E-state index is 0.0241. The van der Waals surface area contributed by atoms with Crippen LogP contribution in [0.15, 0.2) is 0 Å². The third kappa shape index (κ3) is 8.15. The maximum atomic E-state index is 10.7. The topological polar surface area (TPSA) is 52.6 Å². The van der Waals surface area contributed by atoms with Crippen LogP contribution in [0.1, 0.15) is 27.7 Å². The molecule has 16 heavy (non-hydrogen) atoms. The van der Waals surface area contributed by atoms with E-state index in [2.05, 4.69) is 0 Å². The number of aldehydes is 2. The first-order valence-electron chi connectivity index (χ1n) is 5.03. The van der Waals surface area contributed by atoms with E-state index in [0.29, 0.717) is 0 Å². The summed E-state index contributed by atoms with van der Waals surface area (Å²) in [4.78, 5) is 21.4. The SMILES string of the molecule is CC(C)OC(C=O)SSC(C=O)OC(C)C. The molecule has 0 aliphatic carbocycles. The first-order valence-corrected chi connectivity index (χ1v) is 7.30. The van der Waals surface area contributed by atoms with Crippen LogP contribution in [0, 0.1) is 0 Å². The molecule has 0 amide bonds. The van der Waals surface area contributed by atoms with Crippen molar-refractivity contribution in [2.75, 3.05) is 0 Å². The zero-order valence-corrected chi connectivity index (χ0v) is 11.5. The van der Waals surface area contributed by atoms with Gasteiger partial charge in [-0.3, -0.25) is 9.59 Å². The third-order valence-corrected chi connectivity index (χ3v) is 3.69. The van der Waals surface area contributed by atoms with Gasteiger partial charge in [0.15, 0.2) is 23.4 Å². The van der Waals surface area contributed by atoms with Crippen LogP contribution < -0.4 is 0 Å². The number of rotatable bonds is 9. The largest absolute Gasteiger partial charge is 0.356 e.